The molecular weight excluding hydrogens is 509 g/mol. The van der Waals surface area contributed by atoms with Crippen molar-refractivity contribution in [3.8, 4) is 11.1 Å². The molecule has 6 rings (SSSR count). The van der Waals surface area contributed by atoms with Gasteiger partial charge in [-0.25, -0.2) is 4.99 Å². The molecule has 1 aliphatic carbocycles. The standard InChI is InChI=1S/C31H26N4OS2/c1-20-17-22(21(2)34(20)30-26(19-32)25-15-9-10-16-27(25)37-30)18-28-29(36)35(24-13-7-4-8-14-24)31(38-28)33-23-11-5-3-6-12-23/h3-8,11-14,17-18H,9-10,15-16H2,1-2H3/b28-18-,33-31?. The van der Waals surface area contributed by atoms with Gasteiger partial charge in [0.25, 0.3) is 5.91 Å². The lowest BCUT2D eigenvalue weighted by molar-refractivity contribution is -0.113. The predicted molar refractivity (Wildman–Crippen MR) is 158 cm³/mol. The van der Waals surface area contributed by atoms with Crippen LogP contribution in [0.25, 0.3) is 11.1 Å². The second-order valence-electron chi connectivity index (χ2n) is 9.48. The van der Waals surface area contributed by atoms with E-state index >= 15 is 0 Å². The first-order valence-corrected chi connectivity index (χ1v) is 14.3. The number of carbonyl (C=O) groups excluding carboxylic acids is 1. The van der Waals surface area contributed by atoms with Crippen LogP contribution in [0.2, 0.25) is 0 Å². The molecule has 0 atom stereocenters. The molecule has 3 heterocycles. The molecule has 4 aromatic rings. The molecule has 0 N–H and O–H groups in total. The lowest BCUT2D eigenvalue weighted by Gasteiger charge is -2.15. The van der Waals surface area contributed by atoms with Crippen LogP contribution in [0.4, 0.5) is 11.4 Å². The van der Waals surface area contributed by atoms with E-state index in [4.69, 9.17) is 4.99 Å². The monoisotopic (exact) mass is 534 g/mol. The van der Waals surface area contributed by atoms with Gasteiger partial charge in [-0.3, -0.25) is 9.69 Å². The summed E-state index contributed by atoms with van der Waals surface area (Å²) in [5, 5.41) is 11.7. The number of amidine groups is 1. The Morgan fingerprint density at radius 3 is 2.45 bits per heavy atom. The summed E-state index contributed by atoms with van der Waals surface area (Å²) >= 11 is 3.13. The zero-order chi connectivity index (χ0) is 26.2. The third-order valence-electron chi connectivity index (χ3n) is 7.03. The molecule has 1 saturated heterocycles. The molecule has 0 spiro atoms. The van der Waals surface area contributed by atoms with Crippen LogP contribution < -0.4 is 4.90 Å². The second-order valence-corrected chi connectivity index (χ2v) is 11.6. The number of nitriles is 1. The molecule has 2 aromatic heterocycles. The Balaban J connectivity index is 1.42. The molecule has 5 nitrogen and oxygen atoms in total. The number of amides is 1. The fourth-order valence-corrected chi connectivity index (χ4v) is 7.62. The van der Waals surface area contributed by atoms with Gasteiger partial charge < -0.3 is 4.57 Å². The number of para-hydroxylation sites is 2. The van der Waals surface area contributed by atoms with Crippen LogP contribution >= 0.6 is 23.1 Å². The smallest absolute Gasteiger partial charge is 0.271 e. The Kier molecular flexibility index (Phi) is 6.52. The maximum atomic E-state index is 13.7. The number of thioether (sulfide) groups is 1. The number of anilines is 1. The van der Waals surface area contributed by atoms with E-state index in [1.807, 2.05) is 66.7 Å². The molecule has 0 unspecified atom stereocenters. The number of aryl methyl sites for hydroxylation is 2. The van der Waals surface area contributed by atoms with Gasteiger partial charge in [0.1, 0.15) is 11.1 Å². The quantitative estimate of drug-likeness (QED) is 0.252. The summed E-state index contributed by atoms with van der Waals surface area (Å²) in [5.41, 5.74) is 6.68. The van der Waals surface area contributed by atoms with Gasteiger partial charge >= 0.3 is 0 Å². The van der Waals surface area contributed by atoms with Crippen LogP contribution in [0.5, 0.6) is 0 Å². The van der Waals surface area contributed by atoms with E-state index in [1.165, 1.54) is 28.6 Å². The van der Waals surface area contributed by atoms with Gasteiger partial charge in [-0.05, 0) is 98.8 Å². The van der Waals surface area contributed by atoms with Crippen molar-refractivity contribution in [2.75, 3.05) is 4.90 Å². The zero-order valence-electron chi connectivity index (χ0n) is 21.3. The lowest BCUT2D eigenvalue weighted by atomic mass is 9.96. The molecule has 0 bridgehead atoms. The second kappa shape index (κ2) is 10.1. The van der Waals surface area contributed by atoms with Crippen molar-refractivity contribution in [2.24, 2.45) is 4.99 Å². The van der Waals surface area contributed by atoms with Crippen molar-refractivity contribution in [1.29, 1.82) is 5.26 Å². The van der Waals surface area contributed by atoms with Crippen molar-refractivity contribution in [3.05, 3.63) is 105 Å². The summed E-state index contributed by atoms with van der Waals surface area (Å²) in [6.45, 7) is 4.13. The van der Waals surface area contributed by atoms with Crippen molar-refractivity contribution < 1.29 is 4.79 Å². The maximum absolute atomic E-state index is 13.7. The molecular formula is C31H26N4OS2. The topological polar surface area (TPSA) is 61.4 Å². The number of carbonyl (C=O) groups is 1. The molecule has 2 aromatic carbocycles. The highest BCUT2D eigenvalue weighted by molar-refractivity contribution is 8.19. The highest BCUT2D eigenvalue weighted by atomic mass is 32.2. The molecule has 38 heavy (non-hydrogen) atoms. The van der Waals surface area contributed by atoms with Crippen molar-refractivity contribution in [2.45, 2.75) is 39.5 Å². The van der Waals surface area contributed by atoms with Crippen LogP contribution in [0.1, 0.15) is 45.8 Å². The Hall–Kier alpha value is -3.86. The normalized spacial score (nSPS) is 17.3. The largest absolute Gasteiger partial charge is 0.308 e. The predicted octanol–water partition coefficient (Wildman–Crippen LogP) is 7.71. The summed E-state index contributed by atoms with van der Waals surface area (Å²) in [4.78, 5) is 22.2. The number of benzene rings is 2. The molecule has 0 saturated carbocycles. The van der Waals surface area contributed by atoms with Gasteiger partial charge in [0.2, 0.25) is 0 Å². The minimum atomic E-state index is -0.0926. The van der Waals surface area contributed by atoms with Gasteiger partial charge in [-0.1, -0.05) is 36.4 Å². The highest BCUT2D eigenvalue weighted by Gasteiger charge is 2.35. The summed E-state index contributed by atoms with van der Waals surface area (Å²) in [6.07, 6.45) is 6.32. The Bertz CT molecular complexity index is 1640. The van der Waals surface area contributed by atoms with Gasteiger partial charge in [0.15, 0.2) is 5.17 Å². The number of thiophene rings is 1. The molecule has 2 aliphatic rings. The van der Waals surface area contributed by atoms with E-state index in [2.05, 4.69) is 30.6 Å². The number of hydrogen-bond donors (Lipinski definition) is 0. The first-order chi connectivity index (χ1) is 18.5. The molecule has 0 radical (unpaired) electrons. The lowest BCUT2D eigenvalue weighted by Crippen LogP contribution is -2.28. The van der Waals surface area contributed by atoms with Crippen LogP contribution in [0.15, 0.2) is 76.6 Å². The molecule has 1 fully saturated rings. The van der Waals surface area contributed by atoms with E-state index in [0.717, 1.165) is 58.2 Å². The fraction of sp³-hybridized carbons (Fsp3) is 0.194. The summed E-state index contributed by atoms with van der Waals surface area (Å²) in [6, 6.07) is 23.9. The van der Waals surface area contributed by atoms with Crippen molar-refractivity contribution in [1.82, 2.24) is 4.57 Å². The first kappa shape index (κ1) is 24.5. The average Bonchev–Trinajstić information content (AvgIpc) is 3.55. The number of hydrogen-bond acceptors (Lipinski definition) is 5. The number of nitrogens with zero attached hydrogens (tertiary/aromatic N) is 4. The third-order valence-corrected chi connectivity index (χ3v) is 9.27. The molecule has 188 valence electrons. The third kappa shape index (κ3) is 4.30. The van der Waals surface area contributed by atoms with E-state index in [-0.39, 0.29) is 5.91 Å². The summed E-state index contributed by atoms with van der Waals surface area (Å²) < 4.78 is 2.19. The van der Waals surface area contributed by atoms with E-state index in [9.17, 15) is 10.1 Å². The molecule has 1 aliphatic heterocycles. The summed E-state index contributed by atoms with van der Waals surface area (Å²) in [5.74, 6) is -0.0926. The van der Waals surface area contributed by atoms with Crippen LogP contribution in [0.3, 0.4) is 0 Å². The minimum absolute atomic E-state index is 0.0926. The summed E-state index contributed by atoms with van der Waals surface area (Å²) in [7, 11) is 0. The number of rotatable bonds is 4. The van der Waals surface area contributed by atoms with Crippen molar-refractivity contribution in [3.63, 3.8) is 0 Å². The fourth-order valence-electron chi connectivity index (χ4n) is 5.18. The number of aromatic nitrogens is 1. The molecule has 7 heteroatoms. The Morgan fingerprint density at radius 1 is 1.00 bits per heavy atom. The van der Waals surface area contributed by atoms with Gasteiger partial charge in [-0.2, -0.15) is 5.26 Å². The molecule has 1 amide bonds. The Labute approximate surface area is 230 Å². The average molecular weight is 535 g/mol. The zero-order valence-corrected chi connectivity index (χ0v) is 22.9. The Morgan fingerprint density at radius 2 is 1.71 bits per heavy atom. The highest BCUT2D eigenvalue weighted by Crippen LogP contribution is 2.40. The number of aliphatic imine (C=N–C) groups is 1. The van der Waals surface area contributed by atoms with E-state index in [0.29, 0.717) is 10.1 Å². The van der Waals surface area contributed by atoms with Crippen LogP contribution in [-0.2, 0) is 17.6 Å². The number of fused-ring (bicyclic) bond motifs is 1. The van der Waals surface area contributed by atoms with Gasteiger partial charge in [0, 0.05) is 16.3 Å². The van der Waals surface area contributed by atoms with Crippen LogP contribution in [-0.4, -0.2) is 15.6 Å². The van der Waals surface area contributed by atoms with Gasteiger partial charge in [0.05, 0.1) is 21.8 Å². The maximum Gasteiger partial charge on any atom is 0.271 e. The van der Waals surface area contributed by atoms with Gasteiger partial charge in [-0.15, -0.1) is 11.3 Å². The van der Waals surface area contributed by atoms with Crippen LogP contribution in [0, 0.1) is 25.2 Å². The first-order valence-electron chi connectivity index (χ1n) is 12.7. The van der Waals surface area contributed by atoms with E-state index < -0.39 is 0 Å². The SMILES string of the molecule is Cc1cc(/C=C2\SC(=Nc3ccccc3)N(c3ccccc3)C2=O)c(C)n1-c1sc2c(c1C#N)CCCC2. The van der Waals surface area contributed by atoms with E-state index in [1.54, 1.807) is 16.2 Å². The minimum Gasteiger partial charge on any atom is -0.308 e. The van der Waals surface area contributed by atoms with Crippen molar-refractivity contribution >= 4 is 51.6 Å².